The minimum atomic E-state index is 0.0520. The number of rotatable bonds is 6. The summed E-state index contributed by atoms with van der Waals surface area (Å²) < 4.78 is 6.98. The second-order valence-corrected chi connectivity index (χ2v) is 6.86. The lowest BCUT2D eigenvalue weighted by Gasteiger charge is -2.25. The van der Waals surface area contributed by atoms with E-state index in [9.17, 15) is 4.79 Å². The number of hydrogen-bond donors (Lipinski definition) is 0. The first-order valence-electron chi connectivity index (χ1n) is 6.19. The molecule has 0 heterocycles. The zero-order valence-electron chi connectivity index (χ0n) is 11.5. The van der Waals surface area contributed by atoms with Gasteiger partial charge in [0.2, 0.25) is 0 Å². The molecule has 1 amide bonds. The van der Waals surface area contributed by atoms with Gasteiger partial charge in [-0.25, -0.2) is 0 Å². The van der Waals surface area contributed by atoms with Gasteiger partial charge >= 0.3 is 0 Å². The largest absolute Gasteiger partial charge is 0.383 e. The van der Waals surface area contributed by atoms with Crippen LogP contribution in [0.1, 0.15) is 24.2 Å². The van der Waals surface area contributed by atoms with E-state index in [1.54, 1.807) is 7.11 Å². The molecule has 1 rings (SSSR count). The molecule has 0 saturated carbocycles. The van der Waals surface area contributed by atoms with Crippen molar-refractivity contribution >= 4 is 44.4 Å². The Labute approximate surface area is 137 Å². The fourth-order valence-electron chi connectivity index (χ4n) is 1.75. The number of ether oxygens (including phenoxy) is 1. The lowest BCUT2D eigenvalue weighted by atomic mass is 10.1. The molecular formula is C14H19BrINO2. The molecule has 19 heavy (non-hydrogen) atoms. The van der Waals surface area contributed by atoms with E-state index in [0.29, 0.717) is 24.6 Å². The summed E-state index contributed by atoms with van der Waals surface area (Å²) in [5.74, 6) is 0.485. The Morgan fingerprint density at radius 1 is 1.47 bits per heavy atom. The van der Waals surface area contributed by atoms with Gasteiger partial charge in [0.25, 0.3) is 5.91 Å². The second kappa shape index (κ2) is 8.21. The van der Waals surface area contributed by atoms with Crippen molar-refractivity contribution < 1.29 is 9.53 Å². The zero-order valence-corrected chi connectivity index (χ0v) is 15.2. The van der Waals surface area contributed by atoms with Crippen LogP contribution < -0.4 is 0 Å². The average molecular weight is 440 g/mol. The number of amides is 1. The van der Waals surface area contributed by atoms with E-state index < -0.39 is 0 Å². The van der Waals surface area contributed by atoms with Crippen LogP contribution >= 0.6 is 38.5 Å². The van der Waals surface area contributed by atoms with Crippen LogP contribution in [0.2, 0.25) is 0 Å². The molecule has 0 unspecified atom stereocenters. The van der Waals surface area contributed by atoms with Crippen LogP contribution in [0.5, 0.6) is 0 Å². The van der Waals surface area contributed by atoms with Gasteiger partial charge in [-0.1, -0.05) is 13.8 Å². The topological polar surface area (TPSA) is 29.5 Å². The molecule has 3 nitrogen and oxygen atoms in total. The minimum absolute atomic E-state index is 0.0520. The molecular weight excluding hydrogens is 421 g/mol. The molecule has 0 spiro atoms. The van der Waals surface area contributed by atoms with Crippen molar-refractivity contribution in [2.75, 3.05) is 26.8 Å². The molecule has 0 N–H and O–H groups in total. The molecule has 0 aliphatic heterocycles. The van der Waals surface area contributed by atoms with Gasteiger partial charge in [-0.05, 0) is 62.6 Å². The van der Waals surface area contributed by atoms with Crippen LogP contribution in [0, 0.1) is 9.49 Å². The Balaban J connectivity index is 2.93. The van der Waals surface area contributed by atoms with Crippen LogP contribution in [-0.4, -0.2) is 37.6 Å². The van der Waals surface area contributed by atoms with E-state index in [1.165, 1.54) is 0 Å². The Bertz CT molecular complexity index is 437. The molecule has 0 radical (unpaired) electrons. The number of carbonyl (C=O) groups excluding carboxylic acids is 1. The van der Waals surface area contributed by atoms with Gasteiger partial charge in [0.1, 0.15) is 0 Å². The highest BCUT2D eigenvalue weighted by Gasteiger charge is 2.19. The Hall–Kier alpha value is -0.140. The fourth-order valence-corrected chi connectivity index (χ4v) is 2.66. The number of carbonyl (C=O) groups is 1. The third-order valence-electron chi connectivity index (χ3n) is 2.60. The van der Waals surface area contributed by atoms with E-state index in [1.807, 2.05) is 23.1 Å². The first kappa shape index (κ1) is 16.9. The van der Waals surface area contributed by atoms with Crippen molar-refractivity contribution in [2.45, 2.75) is 13.8 Å². The summed E-state index contributed by atoms with van der Waals surface area (Å²) in [6.45, 7) is 6.12. The van der Waals surface area contributed by atoms with E-state index in [-0.39, 0.29) is 5.91 Å². The molecule has 0 fully saturated rings. The van der Waals surface area contributed by atoms with E-state index in [4.69, 9.17) is 4.74 Å². The standard InChI is InChI=1S/C14H19BrINO2/c1-10(2)9-17(6-7-19-3)14(18)12-8-11(16)4-5-13(12)15/h4-5,8,10H,6-7,9H2,1-3H3. The molecule has 0 atom stereocenters. The first-order valence-corrected chi connectivity index (χ1v) is 8.06. The monoisotopic (exact) mass is 439 g/mol. The Kier molecular flexibility index (Phi) is 7.31. The molecule has 0 aliphatic rings. The third-order valence-corrected chi connectivity index (χ3v) is 3.96. The summed E-state index contributed by atoms with van der Waals surface area (Å²) in [5, 5.41) is 0. The van der Waals surface area contributed by atoms with Crippen LogP contribution in [0.25, 0.3) is 0 Å². The second-order valence-electron chi connectivity index (χ2n) is 4.76. The molecule has 0 saturated heterocycles. The molecule has 1 aromatic rings. The van der Waals surface area contributed by atoms with Crippen molar-refractivity contribution in [3.8, 4) is 0 Å². The van der Waals surface area contributed by atoms with Gasteiger partial charge in [0, 0.05) is 28.2 Å². The summed E-state index contributed by atoms with van der Waals surface area (Å²) in [7, 11) is 1.65. The number of nitrogens with zero attached hydrogens (tertiary/aromatic N) is 1. The lowest BCUT2D eigenvalue weighted by Crippen LogP contribution is -2.37. The van der Waals surface area contributed by atoms with E-state index in [0.717, 1.165) is 14.6 Å². The maximum absolute atomic E-state index is 12.6. The Morgan fingerprint density at radius 2 is 2.16 bits per heavy atom. The minimum Gasteiger partial charge on any atom is -0.383 e. The zero-order chi connectivity index (χ0) is 14.4. The molecule has 0 aliphatic carbocycles. The predicted octanol–water partition coefficient (Wildman–Crippen LogP) is 3.80. The average Bonchev–Trinajstić information content (AvgIpc) is 2.36. The van der Waals surface area contributed by atoms with Gasteiger partial charge in [-0.3, -0.25) is 4.79 Å². The van der Waals surface area contributed by atoms with E-state index >= 15 is 0 Å². The highest BCUT2D eigenvalue weighted by Crippen LogP contribution is 2.21. The van der Waals surface area contributed by atoms with Crippen molar-refractivity contribution in [1.82, 2.24) is 4.90 Å². The molecule has 1 aromatic carbocycles. The van der Waals surface area contributed by atoms with Crippen LogP contribution in [0.4, 0.5) is 0 Å². The maximum atomic E-state index is 12.6. The van der Waals surface area contributed by atoms with Crippen molar-refractivity contribution in [3.63, 3.8) is 0 Å². The summed E-state index contributed by atoms with van der Waals surface area (Å²) >= 11 is 5.67. The summed E-state index contributed by atoms with van der Waals surface area (Å²) in [6.07, 6.45) is 0. The van der Waals surface area contributed by atoms with Gasteiger partial charge in [-0.15, -0.1) is 0 Å². The number of methoxy groups -OCH3 is 1. The third kappa shape index (κ3) is 5.39. The number of halogens is 2. The van der Waals surface area contributed by atoms with Crippen LogP contribution in [-0.2, 0) is 4.74 Å². The number of hydrogen-bond acceptors (Lipinski definition) is 2. The number of benzene rings is 1. The summed E-state index contributed by atoms with van der Waals surface area (Å²) in [6, 6.07) is 5.80. The summed E-state index contributed by atoms with van der Waals surface area (Å²) in [4.78, 5) is 14.4. The first-order chi connectivity index (χ1) is 8.95. The quantitative estimate of drug-likeness (QED) is 0.631. The summed E-state index contributed by atoms with van der Waals surface area (Å²) in [5.41, 5.74) is 0.712. The van der Waals surface area contributed by atoms with Crippen molar-refractivity contribution in [1.29, 1.82) is 0 Å². The predicted molar refractivity (Wildman–Crippen MR) is 89.5 cm³/mol. The van der Waals surface area contributed by atoms with Crippen LogP contribution in [0.15, 0.2) is 22.7 Å². The highest BCUT2D eigenvalue weighted by molar-refractivity contribution is 14.1. The normalized spacial score (nSPS) is 10.8. The van der Waals surface area contributed by atoms with Crippen molar-refractivity contribution in [3.05, 3.63) is 31.8 Å². The van der Waals surface area contributed by atoms with Gasteiger partial charge in [0.05, 0.1) is 12.2 Å². The molecule has 5 heteroatoms. The van der Waals surface area contributed by atoms with Crippen LogP contribution in [0.3, 0.4) is 0 Å². The molecule has 106 valence electrons. The smallest absolute Gasteiger partial charge is 0.255 e. The fraction of sp³-hybridized carbons (Fsp3) is 0.500. The van der Waals surface area contributed by atoms with Gasteiger partial charge in [0.15, 0.2) is 0 Å². The molecule has 0 aromatic heterocycles. The highest BCUT2D eigenvalue weighted by atomic mass is 127. The van der Waals surface area contributed by atoms with Gasteiger partial charge in [-0.2, -0.15) is 0 Å². The molecule has 0 bridgehead atoms. The lowest BCUT2D eigenvalue weighted by molar-refractivity contribution is 0.0671. The van der Waals surface area contributed by atoms with Crippen molar-refractivity contribution in [2.24, 2.45) is 5.92 Å². The maximum Gasteiger partial charge on any atom is 0.255 e. The van der Waals surface area contributed by atoms with Gasteiger partial charge < -0.3 is 9.64 Å². The SMILES string of the molecule is COCCN(CC(C)C)C(=O)c1cc(I)ccc1Br. The van der Waals surface area contributed by atoms with E-state index in [2.05, 4.69) is 52.4 Å². The Morgan fingerprint density at radius 3 is 2.74 bits per heavy atom.